The number of piperazine rings is 1. The van der Waals surface area contributed by atoms with E-state index in [1.165, 1.54) is 0 Å². The van der Waals surface area contributed by atoms with E-state index in [0.29, 0.717) is 25.9 Å². The van der Waals surface area contributed by atoms with Crippen molar-refractivity contribution in [2.24, 2.45) is 0 Å². The highest BCUT2D eigenvalue weighted by atomic mass is 16.2. The van der Waals surface area contributed by atoms with Crippen LogP contribution in [0.5, 0.6) is 0 Å². The number of fused-ring (bicyclic) bond motifs is 1. The standard InChI is InChI=1S/C20H21N5O2/c26-19(10-9-18-23-16-3-1-2-4-17(16)24-18)22-14-5-7-15(8-6-14)25-12-11-21-20(27)13-25/h1-8H,9-13H2,(H,21,27)(H,22,26)(H,23,24). The van der Waals surface area contributed by atoms with E-state index in [4.69, 9.17) is 0 Å². The van der Waals surface area contributed by atoms with Gasteiger partial charge in [-0.3, -0.25) is 9.59 Å². The molecule has 0 saturated carbocycles. The first-order valence-electron chi connectivity index (χ1n) is 9.02. The van der Waals surface area contributed by atoms with E-state index in [9.17, 15) is 9.59 Å². The van der Waals surface area contributed by atoms with Gasteiger partial charge in [0.1, 0.15) is 5.82 Å². The van der Waals surface area contributed by atoms with Crippen molar-refractivity contribution in [3.63, 3.8) is 0 Å². The molecule has 0 spiro atoms. The average Bonchev–Trinajstić information content (AvgIpc) is 3.10. The second kappa shape index (κ2) is 7.49. The number of H-pyrrole nitrogens is 1. The van der Waals surface area contributed by atoms with Crippen molar-refractivity contribution < 1.29 is 9.59 Å². The number of aryl methyl sites for hydroxylation is 1. The Bertz CT molecular complexity index is 931. The van der Waals surface area contributed by atoms with E-state index >= 15 is 0 Å². The van der Waals surface area contributed by atoms with Crippen molar-refractivity contribution in [3.8, 4) is 0 Å². The van der Waals surface area contributed by atoms with Gasteiger partial charge in [-0.15, -0.1) is 0 Å². The molecular weight excluding hydrogens is 342 g/mol. The van der Waals surface area contributed by atoms with Gasteiger partial charge in [0.25, 0.3) is 0 Å². The Morgan fingerprint density at radius 3 is 2.74 bits per heavy atom. The summed E-state index contributed by atoms with van der Waals surface area (Å²) in [4.78, 5) is 33.4. The van der Waals surface area contributed by atoms with E-state index in [-0.39, 0.29) is 11.8 Å². The number of aromatic nitrogens is 2. The maximum Gasteiger partial charge on any atom is 0.239 e. The van der Waals surface area contributed by atoms with Crippen LogP contribution in [-0.4, -0.2) is 41.4 Å². The van der Waals surface area contributed by atoms with Crippen LogP contribution in [0.3, 0.4) is 0 Å². The van der Waals surface area contributed by atoms with Gasteiger partial charge < -0.3 is 20.5 Å². The van der Waals surface area contributed by atoms with Gasteiger partial charge in [-0.05, 0) is 36.4 Å². The molecule has 7 heteroatoms. The lowest BCUT2D eigenvalue weighted by molar-refractivity contribution is -0.120. The molecule has 3 N–H and O–H groups in total. The number of para-hydroxylation sites is 2. The molecule has 1 aliphatic rings. The van der Waals surface area contributed by atoms with Crippen LogP contribution < -0.4 is 15.5 Å². The Labute approximate surface area is 156 Å². The van der Waals surface area contributed by atoms with Gasteiger partial charge in [0.05, 0.1) is 17.6 Å². The topological polar surface area (TPSA) is 90.1 Å². The fraction of sp³-hybridized carbons (Fsp3) is 0.250. The number of amides is 2. The molecular formula is C20H21N5O2. The van der Waals surface area contributed by atoms with E-state index in [0.717, 1.165) is 34.8 Å². The third-order valence-electron chi connectivity index (χ3n) is 4.58. The average molecular weight is 363 g/mol. The van der Waals surface area contributed by atoms with Crippen molar-refractivity contribution in [2.75, 3.05) is 29.9 Å². The molecule has 2 amide bonds. The van der Waals surface area contributed by atoms with Gasteiger partial charge in [-0.2, -0.15) is 0 Å². The molecule has 2 aromatic carbocycles. The fourth-order valence-electron chi connectivity index (χ4n) is 3.19. The smallest absolute Gasteiger partial charge is 0.239 e. The Balaban J connectivity index is 1.31. The summed E-state index contributed by atoms with van der Waals surface area (Å²) in [5.41, 5.74) is 3.62. The summed E-state index contributed by atoms with van der Waals surface area (Å²) in [5, 5.41) is 5.72. The lowest BCUT2D eigenvalue weighted by Crippen LogP contribution is -2.47. The van der Waals surface area contributed by atoms with E-state index < -0.39 is 0 Å². The number of anilines is 2. The van der Waals surface area contributed by atoms with E-state index in [2.05, 4.69) is 20.6 Å². The summed E-state index contributed by atoms with van der Waals surface area (Å²) in [6, 6.07) is 15.4. The van der Waals surface area contributed by atoms with Crippen LogP contribution in [-0.2, 0) is 16.0 Å². The first kappa shape index (κ1) is 17.1. The van der Waals surface area contributed by atoms with Gasteiger partial charge >= 0.3 is 0 Å². The molecule has 0 bridgehead atoms. The zero-order valence-electron chi connectivity index (χ0n) is 14.9. The number of carbonyl (C=O) groups is 2. The summed E-state index contributed by atoms with van der Waals surface area (Å²) < 4.78 is 0. The van der Waals surface area contributed by atoms with Gasteiger partial charge in [0.15, 0.2) is 0 Å². The minimum Gasteiger partial charge on any atom is -0.360 e. The summed E-state index contributed by atoms with van der Waals surface area (Å²) in [6.45, 7) is 1.80. The molecule has 7 nitrogen and oxygen atoms in total. The largest absolute Gasteiger partial charge is 0.360 e. The third-order valence-corrected chi connectivity index (χ3v) is 4.58. The molecule has 0 radical (unpaired) electrons. The number of rotatable bonds is 5. The SMILES string of the molecule is O=C1CN(c2ccc(NC(=O)CCc3nc4ccccc4[nH]3)cc2)CCN1. The molecule has 4 rings (SSSR count). The Morgan fingerprint density at radius 2 is 1.96 bits per heavy atom. The van der Waals surface area contributed by atoms with Crippen LogP contribution in [0, 0.1) is 0 Å². The van der Waals surface area contributed by atoms with Gasteiger partial charge in [-0.25, -0.2) is 4.98 Å². The number of nitrogens with zero attached hydrogens (tertiary/aromatic N) is 2. The predicted molar refractivity (Wildman–Crippen MR) is 105 cm³/mol. The number of hydrogen-bond acceptors (Lipinski definition) is 4. The number of hydrogen-bond donors (Lipinski definition) is 3. The molecule has 1 fully saturated rings. The number of nitrogens with one attached hydrogen (secondary N) is 3. The number of benzene rings is 2. The molecule has 1 aliphatic heterocycles. The van der Waals surface area contributed by atoms with Crippen LogP contribution in [0.1, 0.15) is 12.2 Å². The quantitative estimate of drug-likeness (QED) is 0.647. The molecule has 0 unspecified atom stereocenters. The Hall–Kier alpha value is -3.35. The van der Waals surface area contributed by atoms with Crippen LogP contribution >= 0.6 is 0 Å². The molecule has 3 aromatic rings. The monoisotopic (exact) mass is 363 g/mol. The van der Waals surface area contributed by atoms with Gasteiger partial charge in [0, 0.05) is 37.3 Å². The summed E-state index contributed by atoms with van der Waals surface area (Å²) in [5.74, 6) is 0.787. The highest BCUT2D eigenvalue weighted by Crippen LogP contribution is 2.19. The zero-order chi connectivity index (χ0) is 18.6. The van der Waals surface area contributed by atoms with Crippen molar-refractivity contribution >= 4 is 34.2 Å². The first-order chi connectivity index (χ1) is 13.2. The molecule has 1 saturated heterocycles. The van der Waals surface area contributed by atoms with Crippen LogP contribution in [0.4, 0.5) is 11.4 Å². The van der Waals surface area contributed by atoms with Crippen molar-refractivity contribution in [1.82, 2.24) is 15.3 Å². The summed E-state index contributed by atoms with van der Waals surface area (Å²) in [7, 11) is 0. The van der Waals surface area contributed by atoms with E-state index in [1.54, 1.807) is 0 Å². The second-order valence-corrected chi connectivity index (χ2v) is 6.57. The highest BCUT2D eigenvalue weighted by molar-refractivity contribution is 5.91. The van der Waals surface area contributed by atoms with Gasteiger partial charge in [-0.1, -0.05) is 12.1 Å². The summed E-state index contributed by atoms with van der Waals surface area (Å²) >= 11 is 0. The minimum absolute atomic E-state index is 0.0317. The normalized spacial score (nSPS) is 14.2. The summed E-state index contributed by atoms with van der Waals surface area (Å²) in [6.07, 6.45) is 0.912. The van der Waals surface area contributed by atoms with Crippen LogP contribution in [0.15, 0.2) is 48.5 Å². The molecule has 2 heterocycles. The molecule has 1 aromatic heterocycles. The third kappa shape index (κ3) is 4.08. The maximum atomic E-state index is 12.2. The Morgan fingerprint density at radius 1 is 1.15 bits per heavy atom. The molecule has 138 valence electrons. The first-order valence-corrected chi connectivity index (χ1v) is 9.02. The van der Waals surface area contributed by atoms with E-state index in [1.807, 2.05) is 53.4 Å². The predicted octanol–water partition coefficient (Wildman–Crippen LogP) is 2.07. The van der Waals surface area contributed by atoms with Crippen LogP contribution in [0.2, 0.25) is 0 Å². The van der Waals surface area contributed by atoms with Crippen molar-refractivity contribution in [2.45, 2.75) is 12.8 Å². The number of imidazole rings is 1. The lowest BCUT2D eigenvalue weighted by atomic mass is 10.2. The van der Waals surface area contributed by atoms with Crippen LogP contribution in [0.25, 0.3) is 11.0 Å². The fourth-order valence-corrected chi connectivity index (χ4v) is 3.19. The Kier molecular flexibility index (Phi) is 4.74. The lowest BCUT2D eigenvalue weighted by Gasteiger charge is -2.28. The number of aromatic amines is 1. The number of carbonyl (C=O) groups excluding carboxylic acids is 2. The maximum absolute atomic E-state index is 12.2. The second-order valence-electron chi connectivity index (χ2n) is 6.57. The minimum atomic E-state index is -0.0550. The molecule has 0 atom stereocenters. The molecule has 27 heavy (non-hydrogen) atoms. The van der Waals surface area contributed by atoms with Crippen molar-refractivity contribution in [1.29, 1.82) is 0 Å². The highest BCUT2D eigenvalue weighted by Gasteiger charge is 2.16. The van der Waals surface area contributed by atoms with Gasteiger partial charge in [0.2, 0.25) is 11.8 Å². The van der Waals surface area contributed by atoms with Crippen molar-refractivity contribution in [3.05, 3.63) is 54.4 Å². The zero-order valence-corrected chi connectivity index (χ0v) is 14.9. The molecule has 0 aliphatic carbocycles.